The van der Waals surface area contributed by atoms with Crippen molar-refractivity contribution in [3.8, 4) is 0 Å². The molecule has 2 unspecified atom stereocenters. The van der Waals surface area contributed by atoms with Crippen LogP contribution in [-0.4, -0.2) is 10.7 Å². The molecule has 2 atom stereocenters. The summed E-state index contributed by atoms with van der Waals surface area (Å²) in [6.45, 7) is 2.22. The topological polar surface area (TPSA) is 20.2 Å². The molecule has 1 nitrogen and oxygen atoms in total. The third kappa shape index (κ3) is 3.46. The summed E-state index contributed by atoms with van der Waals surface area (Å²) < 4.78 is 0. The predicted octanol–water partition coefficient (Wildman–Crippen LogP) is 4.21. The molecule has 1 aromatic rings. The molecule has 2 heteroatoms. The summed E-state index contributed by atoms with van der Waals surface area (Å²) in [5, 5.41) is 11.4. The SMILES string of the molecule is CCC1CCCC(O)(Cc2cccc(Cl)c2)C1. The van der Waals surface area contributed by atoms with Crippen LogP contribution in [0.2, 0.25) is 5.02 Å². The lowest BCUT2D eigenvalue weighted by atomic mass is 9.74. The molecule has 1 aliphatic rings. The van der Waals surface area contributed by atoms with Crippen LogP contribution in [0.3, 0.4) is 0 Å². The Kier molecular flexibility index (Phi) is 4.11. The second-order valence-corrected chi connectivity index (χ2v) is 5.84. The van der Waals surface area contributed by atoms with Gasteiger partial charge in [-0.15, -0.1) is 0 Å². The first-order valence-corrected chi connectivity index (χ1v) is 6.96. The second-order valence-electron chi connectivity index (χ2n) is 5.40. The van der Waals surface area contributed by atoms with Gasteiger partial charge in [0.2, 0.25) is 0 Å². The molecule has 2 rings (SSSR count). The summed E-state index contributed by atoms with van der Waals surface area (Å²) >= 11 is 5.98. The van der Waals surface area contributed by atoms with Gasteiger partial charge in [0, 0.05) is 11.4 Å². The van der Waals surface area contributed by atoms with Crippen LogP contribution in [-0.2, 0) is 6.42 Å². The van der Waals surface area contributed by atoms with Crippen LogP contribution in [0.1, 0.15) is 44.6 Å². The highest BCUT2D eigenvalue weighted by Gasteiger charge is 2.33. The summed E-state index contributed by atoms with van der Waals surface area (Å²) in [5.74, 6) is 0.688. The summed E-state index contributed by atoms with van der Waals surface area (Å²) in [7, 11) is 0. The number of rotatable bonds is 3. The van der Waals surface area contributed by atoms with E-state index in [1.54, 1.807) is 0 Å². The van der Waals surface area contributed by atoms with E-state index in [2.05, 4.69) is 13.0 Å². The molecule has 0 bridgehead atoms. The van der Waals surface area contributed by atoms with E-state index >= 15 is 0 Å². The zero-order chi connectivity index (χ0) is 12.3. The van der Waals surface area contributed by atoms with Gasteiger partial charge in [-0.25, -0.2) is 0 Å². The van der Waals surface area contributed by atoms with Crippen molar-refractivity contribution < 1.29 is 5.11 Å². The number of halogens is 1. The van der Waals surface area contributed by atoms with E-state index in [0.717, 1.165) is 36.3 Å². The number of hydrogen-bond donors (Lipinski definition) is 1. The van der Waals surface area contributed by atoms with E-state index < -0.39 is 5.60 Å². The van der Waals surface area contributed by atoms with Crippen molar-refractivity contribution in [3.63, 3.8) is 0 Å². The Hall–Kier alpha value is -0.530. The first-order valence-electron chi connectivity index (χ1n) is 6.58. The zero-order valence-electron chi connectivity index (χ0n) is 10.5. The Morgan fingerprint density at radius 3 is 3.00 bits per heavy atom. The maximum absolute atomic E-state index is 10.7. The fraction of sp³-hybridized carbons (Fsp3) is 0.600. The fourth-order valence-corrected chi connectivity index (χ4v) is 3.21. The van der Waals surface area contributed by atoms with Crippen molar-refractivity contribution >= 4 is 11.6 Å². The van der Waals surface area contributed by atoms with Gasteiger partial charge in [0.25, 0.3) is 0 Å². The van der Waals surface area contributed by atoms with E-state index in [9.17, 15) is 5.11 Å². The molecular formula is C15H21ClO. The lowest BCUT2D eigenvalue weighted by Crippen LogP contribution is -2.37. The molecule has 1 aliphatic carbocycles. The first-order chi connectivity index (χ1) is 8.11. The van der Waals surface area contributed by atoms with Crippen LogP contribution in [0.15, 0.2) is 24.3 Å². The highest BCUT2D eigenvalue weighted by Crippen LogP contribution is 2.36. The van der Waals surface area contributed by atoms with E-state index in [1.807, 2.05) is 18.2 Å². The average molecular weight is 253 g/mol. The highest BCUT2D eigenvalue weighted by molar-refractivity contribution is 6.30. The zero-order valence-corrected chi connectivity index (χ0v) is 11.2. The highest BCUT2D eigenvalue weighted by atomic mass is 35.5. The molecule has 0 spiro atoms. The largest absolute Gasteiger partial charge is 0.390 e. The maximum Gasteiger partial charge on any atom is 0.0690 e. The van der Waals surface area contributed by atoms with Crippen LogP contribution < -0.4 is 0 Å². The van der Waals surface area contributed by atoms with Gasteiger partial charge in [-0.05, 0) is 36.5 Å². The van der Waals surface area contributed by atoms with E-state index in [-0.39, 0.29) is 0 Å². The van der Waals surface area contributed by atoms with Crippen molar-refractivity contribution in [2.24, 2.45) is 5.92 Å². The molecule has 0 heterocycles. The second kappa shape index (κ2) is 5.41. The Bertz CT molecular complexity index is 377. The summed E-state index contributed by atoms with van der Waals surface area (Å²) in [4.78, 5) is 0. The molecule has 1 N–H and O–H groups in total. The number of hydrogen-bond acceptors (Lipinski definition) is 1. The minimum atomic E-state index is -0.510. The van der Waals surface area contributed by atoms with Gasteiger partial charge in [0.15, 0.2) is 0 Å². The average Bonchev–Trinajstić information content (AvgIpc) is 2.28. The summed E-state index contributed by atoms with van der Waals surface area (Å²) in [6.07, 6.45) is 6.21. The molecule has 1 aromatic carbocycles. The summed E-state index contributed by atoms with van der Waals surface area (Å²) in [6, 6.07) is 7.86. The lowest BCUT2D eigenvalue weighted by Gasteiger charge is -2.36. The van der Waals surface area contributed by atoms with E-state index in [4.69, 9.17) is 11.6 Å². The van der Waals surface area contributed by atoms with Crippen molar-refractivity contribution in [2.75, 3.05) is 0 Å². The van der Waals surface area contributed by atoms with Crippen LogP contribution in [0.25, 0.3) is 0 Å². The Balaban J connectivity index is 2.06. The van der Waals surface area contributed by atoms with Crippen molar-refractivity contribution in [1.82, 2.24) is 0 Å². The van der Waals surface area contributed by atoms with E-state index in [0.29, 0.717) is 5.92 Å². The third-order valence-electron chi connectivity index (χ3n) is 3.92. The number of benzene rings is 1. The molecule has 1 saturated carbocycles. The van der Waals surface area contributed by atoms with Crippen LogP contribution in [0, 0.1) is 5.92 Å². The first kappa shape index (κ1) is 12.9. The molecule has 0 saturated heterocycles. The normalized spacial score (nSPS) is 29.2. The van der Waals surface area contributed by atoms with Crippen molar-refractivity contribution in [2.45, 2.75) is 51.0 Å². The van der Waals surface area contributed by atoms with Gasteiger partial charge in [-0.3, -0.25) is 0 Å². The number of aliphatic hydroxyl groups is 1. The minimum absolute atomic E-state index is 0.510. The smallest absolute Gasteiger partial charge is 0.0690 e. The van der Waals surface area contributed by atoms with Crippen molar-refractivity contribution in [3.05, 3.63) is 34.9 Å². The predicted molar refractivity (Wildman–Crippen MR) is 72.4 cm³/mol. The quantitative estimate of drug-likeness (QED) is 0.854. The summed E-state index contributed by atoms with van der Waals surface area (Å²) in [5.41, 5.74) is 0.639. The monoisotopic (exact) mass is 252 g/mol. The van der Waals surface area contributed by atoms with Gasteiger partial charge in [0.05, 0.1) is 5.60 Å². The molecule has 17 heavy (non-hydrogen) atoms. The van der Waals surface area contributed by atoms with Crippen LogP contribution in [0.5, 0.6) is 0 Å². The van der Waals surface area contributed by atoms with Gasteiger partial charge >= 0.3 is 0 Å². The van der Waals surface area contributed by atoms with E-state index in [1.165, 1.54) is 12.8 Å². The third-order valence-corrected chi connectivity index (χ3v) is 4.16. The molecule has 1 fully saturated rings. The minimum Gasteiger partial charge on any atom is -0.390 e. The molecular weight excluding hydrogens is 232 g/mol. The van der Waals surface area contributed by atoms with Crippen LogP contribution in [0.4, 0.5) is 0 Å². The fourth-order valence-electron chi connectivity index (χ4n) is 3.00. The maximum atomic E-state index is 10.7. The molecule has 0 aliphatic heterocycles. The standard InChI is InChI=1S/C15H21ClO/c1-2-12-6-4-8-15(17,10-12)11-13-5-3-7-14(16)9-13/h3,5,7,9,12,17H,2,4,6,8,10-11H2,1H3. The lowest BCUT2D eigenvalue weighted by molar-refractivity contribution is -0.0161. The Morgan fingerprint density at radius 2 is 2.29 bits per heavy atom. The Labute approximate surface area is 109 Å². The van der Waals surface area contributed by atoms with Gasteiger partial charge < -0.3 is 5.11 Å². The van der Waals surface area contributed by atoms with Gasteiger partial charge in [-0.1, -0.05) is 49.9 Å². The van der Waals surface area contributed by atoms with Crippen molar-refractivity contribution in [1.29, 1.82) is 0 Å². The van der Waals surface area contributed by atoms with Gasteiger partial charge in [0.1, 0.15) is 0 Å². The van der Waals surface area contributed by atoms with Crippen LogP contribution >= 0.6 is 11.6 Å². The molecule has 0 amide bonds. The molecule has 94 valence electrons. The molecule has 0 aromatic heterocycles. The molecule has 0 radical (unpaired) electrons. The van der Waals surface area contributed by atoms with Gasteiger partial charge in [-0.2, -0.15) is 0 Å². The Morgan fingerprint density at radius 1 is 1.47 bits per heavy atom.